The molecule has 0 bridgehead atoms. The van der Waals surface area contributed by atoms with E-state index >= 15 is 0 Å². The van der Waals surface area contributed by atoms with E-state index in [2.05, 4.69) is 12.2 Å². The van der Waals surface area contributed by atoms with Crippen molar-refractivity contribution in [1.29, 1.82) is 0 Å². The maximum atomic E-state index is 11.6. The predicted octanol–water partition coefficient (Wildman–Crippen LogP) is 3.58. The van der Waals surface area contributed by atoms with E-state index in [1.807, 2.05) is 31.2 Å². The highest BCUT2D eigenvalue weighted by Crippen LogP contribution is 2.11. The zero-order valence-corrected chi connectivity index (χ0v) is 11.3. The summed E-state index contributed by atoms with van der Waals surface area (Å²) in [5, 5.41) is 3.73. The van der Waals surface area contributed by atoms with Gasteiger partial charge in [0.1, 0.15) is 0 Å². The molecule has 94 valence electrons. The predicted molar refractivity (Wildman–Crippen MR) is 72.3 cm³/mol. The molecule has 0 aliphatic heterocycles. The Morgan fingerprint density at radius 1 is 1.35 bits per heavy atom. The van der Waals surface area contributed by atoms with Gasteiger partial charge < -0.3 is 5.32 Å². The summed E-state index contributed by atoms with van der Waals surface area (Å²) < 4.78 is 0. The number of amides is 1. The molecule has 0 fully saturated rings. The largest absolute Gasteiger partial charge is 0.354 e. The van der Waals surface area contributed by atoms with Crippen LogP contribution < -0.4 is 5.32 Å². The number of halogens is 1. The summed E-state index contributed by atoms with van der Waals surface area (Å²) >= 11 is 5.80. The molecule has 0 aliphatic rings. The minimum absolute atomic E-state index is 0.126. The molecule has 17 heavy (non-hydrogen) atoms. The van der Waals surface area contributed by atoms with Crippen molar-refractivity contribution in [3.63, 3.8) is 0 Å². The third-order valence-corrected chi connectivity index (χ3v) is 2.94. The van der Waals surface area contributed by atoms with Crippen LogP contribution in [0.15, 0.2) is 24.3 Å². The van der Waals surface area contributed by atoms with E-state index < -0.39 is 0 Å². The van der Waals surface area contributed by atoms with E-state index in [1.165, 1.54) is 0 Å². The molecule has 1 atom stereocenters. The van der Waals surface area contributed by atoms with E-state index in [9.17, 15) is 4.79 Å². The van der Waals surface area contributed by atoms with Crippen LogP contribution in [0.4, 0.5) is 0 Å². The summed E-state index contributed by atoms with van der Waals surface area (Å²) in [4.78, 5) is 11.6. The number of carbonyl (C=O) groups is 1. The monoisotopic (exact) mass is 253 g/mol. The van der Waals surface area contributed by atoms with Gasteiger partial charge in [0, 0.05) is 17.5 Å². The van der Waals surface area contributed by atoms with Crippen LogP contribution in [0.1, 0.15) is 38.7 Å². The van der Waals surface area contributed by atoms with Gasteiger partial charge >= 0.3 is 0 Å². The molecule has 1 aromatic rings. The maximum absolute atomic E-state index is 11.6. The van der Waals surface area contributed by atoms with E-state index in [4.69, 9.17) is 11.6 Å². The van der Waals surface area contributed by atoms with Crippen molar-refractivity contribution >= 4 is 17.5 Å². The van der Waals surface area contributed by atoms with Gasteiger partial charge in [-0.2, -0.15) is 0 Å². The van der Waals surface area contributed by atoms with Gasteiger partial charge in [-0.25, -0.2) is 0 Å². The van der Waals surface area contributed by atoms with Gasteiger partial charge in [0.05, 0.1) is 0 Å². The lowest BCUT2D eigenvalue weighted by Crippen LogP contribution is -2.32. The lowest BCUT2D eigenvalue weighted by atomic mass is 10.1. The first-order valence-electron chi connectivity index (χ1n) is 6.15. The van der Waals surface area contributed by atoms with Crippen molar-refractivity contribution in [2.45, 2.75) is 45.6 Å². The zero-order chi connectivity index (χ0) is 12.7. The second-order valence-electron chi connectivity index (χ2n) is 4.38. The van der Waals surface area contributed by atoms with Crippen molar-refractivity contribution in [2.24, 2.45) is 0 Å². The third kappa shape index (κ3) is 5.73. The summed E-state index contributed by atoms with van der Waals surface area (Å²) in [6, 6.07) is 7.91. The summed E-state index contributed by atoms with van der Waals surface area (Å²) in [5.74, 6) is 0.126. The minimum atomic E-state index is 0.126. The first-order chi connectivity index (χ1) is 8.11. The molecule has 0 aliphatic carbocycles. The van der Waals surface area contributed by atoms with Crippen LogP contribution >= 0.6 is 11.6 Å². The molecule has 0 heterocycles. The van der Waals surface area contributed by atoms with E-state index in [0.717, 1.165) is 29.8 Å². The molecular weight excluding hydrogens is 234 g/mol. The van der Waals surface area contributed by atoms with E-state index in [0.29, 0.717) is 6.42 Å². The Morgan fingerprint density at radius 3 is 2.59 bits per heavy atom. The SMILES string of the molecule is CCCC(C)NC(=O)CCc1ccc(Cl)cc1. The van der Waals surface area contributed by atoms with Crippen molar-refractivity contribution in [1.82, 2.24) is 5.32 Å². The molecule has 1 amide bonds. The molecular formula is C14H20ClNO. The van der Waals surface area contributed by atoms with Gasteiger partial charge in [-0.05, 0) is 37.5 Å². The summed E-state index contributed by atoms with van der Waals surface area (Å²) in [6.07, 6.45) is 3.43. The van der Waals surface area contributed by atoms with Gasteiger partial charge in [0.15, 0.2) is 0 Å². The fraction of sp³-hybridized carbons (Fsp3) is 0.500. The Morgan fingerprint density at radius 2 is 2.00 bits per heavy atom. The average Bonchev–Trinajstić information content (AvgIpc) is 2.28. The van der Waals surface area contributed by atoms with Gasteiger partial charge in [-0.1, -0.05) is 37.1 Å². The smallest absolute Gasteiger partial charge is 0.220 e. The number of nitrogens with one attached hydrogen (secondary N) is 1. The van der Waals surface area contributed by atoms with Gasteiger partial charge in [0.25, 0.3) is 0 Å². The quantitative estimate of drug-likeness (QED) is 0.825. The number of rotatable bonds is 6. The first kappa shape index (κ1) is 14.0. The molecule has 3 heteroatoms. The maximum Gasteiger partial charge on any atom is 0.220 e. The van der Waals surface area contributed by atoms with Crippen LogP contribution in [0, 0.1) is 0 Å². The lowest BCUT2D eigenvalue weighted by molar-refractivity contribution is -0.121. The first-order valence-corrected chi connectivity index (χ1v) is 6.53. The van der Waals surface area contributed by atoms with E-state index in [-0.39, 0.29) is 11.9 Å². The molecule has 0 saturated carbocycles. The number of aryl methyl sites for hydroxylation is 1. The minimum Gasteiger partial charge on any atom is -0.354 e. The highest BCUT2D eigenvalue weighted by atomic mass is 35.5. The van der Waals surface area contributed by atoms with Gasteiger partial charge in [0.2, 0.25) is 5.91 Å². The van der Waals surface area contributed by atoms with Crippen LogP contribution in [0.3, 0.4) is 0 Å². The number of hydrogen-bond donors (Lipinski definition) is 1. The second-order valence-corrected chi connectivity index (χ2v) is 4.82. The van der Waals surface area contributed by atoms with Crippen LogP contribution in [-0.2, 0) is 11.2 Å². The summed E-state index contributed by atoms with van der Waals surface area (Å²) in [7, 11) is 0. The fourth-order valence-corrected chi connectivity index (χ4v) is 1.89. The van der Waals surface area contributed by atoms with Crippen molar-refractivity contribution in [3.8, 4) is 0 Å². The number of carbonyl (C=O) groups excluding carboxylic acids is 1. The summed E-state index contributed by atoms with van der Waals surface area (Å²) in [6.45, 7) is 4.17. The normalized spacial score (nSPS) is 12.2. The topological polar surface area (TPSA) is 29.1 Å². The van der Waals surface area contributed by atoms with E-state index in [1.54, 1.807) is 0 Å². The second kappa shape index (κ2) is 7.33. The highest BCUT2D eigenvalue weighted by Gasteiger charge is 2.06. The molecule has 0 spiro atoms. The Balaban J connectivity index is 2.30. The van der Waals surface area contributed by atoms with Gasteiger partial charge in [-0.15, -0.1) is 0 Å². The number of hydrogen-bond acceptors (Lipinski definition) is 1. The molecule has 1 aromatic carbocycles. The van der Waals surface area contributed by atoms with Crippen LogP contribution in [0.2, 0.25) is 5.02 Å². The molecule has 0 radical (unpaired) electrons. The average molecular weight is 254 g/mol. The lowest BCUT2D eigenvalue weighted by Gasteiger charge is -2.12. The van der Waals surface area contributed by atoms with Crippen LogP contribution in [-0.4, -0.2) is 11.9 Å². The highest BCUT2D eigenvalue weighted by molar-refractivity contribution is 6.30. The molecule has 1 unspecified atom stereocenters. The fourth-order valence-electron chi connectivity index (χ4n) is 1.76. The Hall–Kier alpha value is -1.02. The summed E-state index contributed by atoms with van der Waals surface area (Å²) in [5.41, 5.74) is 1.15. The van der Waals surface area contributed by atoms with Crippen LogP contribution in [0.25, 0.3) is 0 Å². The van der Waals surface area contributed by atoms with Crippen LogP contribution in [0.5, 0.6) is 0 Å². The molecule has 1 rings (SSSR count). The van der Waals surface area contributed by atoms with Crippen molar-refractivity contribution in [3.05, 3.63) is 34.9 Å². The Labute approximate surface area is 108 Å². The van der Waals surface area contributed by atoms with Crippen molar-refractivity contribution in [2.75, 3.05) is 0 Å². The molecule has 1 N–H and O–H groups in total. The number of benzene rings is 1. The standard InChI is InChI=1S/C14H20ClNO/c1-3-4-11(2)16-14(17)10-7-12-5-8-13(15)9-6-12/h5-6,8-9,11H,3-4,7,10H2,1-2H3,(H,16,17). The molecule has 2 nitrogen and oxygen atoms in total. The third-order valence-electron chi connectivity index (χ3n) is 2.68. The molecule has 0 saturated heterocycles. The van der Waals surface area contributed by atoms with Gasteiger partial charge in [-0.3, -0.25) is 4.79 Å². The van der Waals surface area contributed by atoms with Crippen molar-refractivity contribution < 1.29 is 4.79 Å². The molecule has 0 aromatic heterocycles. The zero-order valence-electron chi connectivity index (χ0n) is 10.5. The Kier molecular flexibility index (Phi) is 6.06. The Bertz CT molecular complexity index is 348.